The molecule has 2 heterocycles. The number of benzene rings is 1. The van der Waals surface area contributed by atoms with Crippen LogP contribution >= 0.6 is 11.6 Å². The SMILES string of the molecule is COc1cc(OC)c2c(c1Cl)OC1(C(=O)C=C(NCC(=O)NCCc3nc(C)no3)CC1C)C2=O. The number of rotatable bonds is 8. The number of aryl methyl sites for hydroxylation is 1. The first-order chi connectivity index (χ1) is 16.7. The molecule has 1 aliphatic carbocycles. The molecular weight excluding hydrogens is 480 g/mol. The number of amides is 1. The number of methoxy groups -OCH3 is 2. The molecule has 35 heavy (non-hydrogen) atoms. The first-order valence-corrected chi connectivity index (χ1v) is 11.3. The largest absolute Gasteiger partial charge is 0.496 e. The maximum atomic E-state index is 13.5. The number of aromatic nitrogens is 2. The van der Waals surface area contributed by atoms with Gasteiger partial charge in [0.15, 0.2) is 11.6 Å². The number of ketones is 2. The lowest BCUT2D eigenvalue weighted by Crippen LogP contribution is -2.55. The third-order valence-corrected chi connectivity index (χ3v) is 6.37. The van der Waals surface area contributed by atoms with Crippen molar-refractivity contribution in [3.63, 3.8) is 0 Å². The molecule has 11 nitrogen and oxygen atoms in total. The summed E-state index contributed by atoms with van der Waals surface area (Å²) >= 11 is 6.39. The van der Waals surface area contributed by atoms with Gasteiger partial charge in [-0.1, -0.05) is 23.7 Å². The van der Waals surface area contributed by atoms with E-state index in [2.05, 4.69) is 20.8 Å². The standard InChI is InChI=1S/C23H25ClN4O7/c1-11-7-13(26-10-17(30)25-6-5-18-27-12(2)28-35-18)8-16(29)23(11)22(31)19-14(32-3)9-15(33-4)20(24)21(19)34-23/h8-9,11,26H,5-7,10H2,1-4H3,(H,25,30). The monoisotopic (exact) mass is 504 g/mol. The number of carbonyl (C=O) groups excluding carboxylic acids is 3. The Morgan fingerprint density at radius 3 is 2.66 bits per heavy atom. The number of allylic oxidation sites excluding steroid dienone is 1. The quantitative estimate of drug-likeness (QED) is 0.511. The van der Waals surface area contributed by atoms with Crippen molar-refractivity contribution in [2.75, 3.05) is 27.3 Å². The first-order valence-electron chi connectivity index (χ1n) is 10.9. The highest BCUT2D eigenvalue weighted by Gasteiger charge is 2.60. The molecule has 2 aliphatic rings. The van der Waals surface area contributed by atoms with Gasteiger partial charge >= 0.3 is 0 Å². The van der Waals surface area contributed by atoms with Crippen LogP contribution in [0.1, 0.15) is 35.4 Å². The number of hydrogen-bond donors (Lipinski definition) is 2. The molecule has 0 radical (unpaired) electrons. The van der Waals surface area contributed by atoms with Crippen molar-refractivity contribution in [2.45, 2.75) is 32.3 Å². The number of fused-ring (bicyclic) bond motifs is 1. The molecule has 0 saturated heterocycles. The molecule has 1 aromatic heterocycles. The molecule has 1 aromatic carbocycles. The number of carbonyl (C=O) groups is 3. The second kappa shape index (κ2) is 9.57. The average Bonchev–Trinajstić information content (AvgIpc) is 3.38. The van der Waals surface area contributed by atoms with Gasteiger partial charge in [0, 0.05) is 36.7 Å². The van der Waals surface area contributed by atoms with Crippen molar-refractivity contribution in [1.29, 1.82) is 0 Å². The Morgan fingerprint density at radius 2 is 2.03 bits per heavy atom. The van der Waals surface area contributed by atoms with E-state index in [0.717, 1.165) is 0 Å². The van der Waals surface area contributed by atoms with Crippen molar-refractivity contribution >= 4 is 29.1 Å². The van der Waals surface area contributed by atoms with Gasteiger partial charge in [-0.3, -0.25) is 14.4 Å². The zero-order chi connectivity index (χ0) is 25.3. The molecule has 0 bridgehead atoms. The van der Waals surface area contributed by atoms with E-state index in [0.29, 0.717) is 36.8 Å². The van der Waals surface area contributed by atoms with Gasteiger partial charge in [-0.2, -0.15) is 4.98 Å². The molecule has 0 saturated carbocycles. The topological polar surface area (TPSA) is 142 Å². The van der Waals surface area contributed by atoms with Crippen LogP contribution in [0.15, 0.2) is 22.4 Å². The van der Waals surface area contributed by atoms with E-state index in [1.54, 1.807) is 13.8 Å². The lowest BCUT2D eigenvalue weighted by atomic mass is 9.74. The Balaban J connectivity index is 1.44. The molecule has 2 N–H and O–H groups in total. The van der Waals surface area contributed by atoms with Gasteiger partial charge in [-0.15, -0.1) is 0 Å². The van der Waals surface area contributed by atoms with Gasteiger partial charge in [0.1, 0.15) is 22.1 Å². The number of nitrogens with one attached hydrogen (secondary N) is 2. The maximum absolute atomic E-state index is 13.5. The van der Waals surface area contributed by atoms with Crippen LogP contribution in [0.25, 0.3) is 0 Å². The molecular formula is C23H25ClN4O7. The Hall–Kier alpha value is -3.60. The average molecular weight is 505 g/mol. The minimum atomic E-state index is -1.76. The highest BCUT2D eigenvalue weighted by Crippen LogP contribution is 2.52. The van der Waals surface area contributed by atoms with Gasteiger partial charge in [-0.05, 0) is 13.3 Å². The molecule has 2 atom stereocenters. The van der Waals surface area contributed by atoms with E-state index in [9.17, 15) is 14.4 Å². The van der Waals surface area contributed by atoms with E-state index >= 15 is 0 Å². The van der Waals surface area contributed by atoms with Crippen molar-refractivity contribution in [1.82, 2.24) is 20.8 Å². The minimum absolute atomic E-state index is 0.0480. The fourth-order valence-electron chi connectivity index (χ4n) is 4.26. The summed E-state index contributed by atoms with van der Waals surface area (Å²) < 4.78 is 21.6. The zero-order valence-electron chi connectivity index (χ0n) is 19.7. The third-order valence-electron chi connectivity index (χ3n) is 6.02. The number of nitrogens with zero attached hydrogens (tertiary/aromatic N) is 2. The molecule has 1 amide bonds. The number of halogens is 1. The van der Waals surface area contributed by atoms with Crippen molar-refractivity contribution in [3.05, 3.63) is 40.1 Å². The lowest BCUT2D eigenvalue weighted by molar-refractivity contribution is -0.129. The van der Waals surface area contributed by atoms with Gasteiger partial charge in [0.2, 0.25) is 29.0 Å². The summed E-state index contributed by atoms with van der Waals surface area (Å²) in [7, 11) is 2.83. The lowest BCUT2D eigenvalue weighted by Gasteiger charge is -2.35. The van der Waals surface area contributed by atoms with Crippen LogP contribution in [-0.2, 0) is 16.0 Å². The van der Waals surface area contributed by atoms with E-state index < -0.39 is 23.1 Å². The van der Waals surface area contributed by atoms with Gasteiger partial charge in [0.25, 0.3) is 0 Å². The Bertz CT molecular complexity index is 1220. The summed E-state index contributed by atoms with van der Waals surface area (Å²) in [4.78, 5) is 43.0. The second-order valence-corrected chi connectivity index (χ2v) is 8.67. The maximum Gasteiger partial charge on any atom is 0.239 e. The Morgan fingerprint density at radius 1 is 1.29 bits per heavy atom. The van der Waals surface area contributed by atoms with Crippen LogP contribution in [0.3, 0.4) is 0 Å². The predicted molar refractivity (Wildman–Crippen MR) is 123 cm³/mol. The van der Waals surface area contributed by atoms with E-state index in [1.807, 2.05) is 0 Å². The van der Waals surface area contributed by atoms with Gasteiger partial charge < -0.3 is 29.4 Å². The number of Topliss-reactive ketones (excluding diaryl/α,β-unsaturated/α-hetero) is 1. The van der Waals surface area contributed by atoms with E-state index in [4.69, 9.17) is 30.3 Å². The van der Waals surface area contributed by atoms with Crippen molar-refractivity contribution in [2.24, 2.45) is 5.92 Å². The van der Waals surface area contributed by atoms with E-state index in [1.165, 1.54) is 26.4 Å². The van der Waals surface area contributed by atoms with Crippen LogP contribution in [0, 0.1) is 12.8 Å². The fourth-order valence-corrected chi connectivity index (χ4v) is 4.52. The molecule has 1 spiro atoms. The molecule has 12 heteroatoms. The van der Waals surface area contributed by atoms with Crippen LogP contribution in [0.5, 0.6) is 17.2 Å². The molecule has 1 aliphatic heterocycles. The summed E-state index contributed by atoms with van der Waals surface area (Å²) in [6.45, 7) is 3.73. The number of ether oxygens (including phenoxy) is 3. The first kappa shape index (κ1) is 24.5. The van der Waals surface area contributed by atoms with E-state index in [-0.39, 0.29) is 40.3 Å². The third kappa shape index (κ3) is 4.31. The van der Waals surface area contributed by atoms with Crippen molar-refractivity contribution < 1.29 is 33.1 Å². The summed E-state index contributed by atoms with van der Waals surface area (Å²) in [5.41, 5.74) is -1.13. The minimum Gasteiger partial charge on any atom is -0.496 e. The fraction of sp³-hybridized carbons (Fsp3) is 0.435. The Labute approximate surface area is 206 Å². The van der Waals surface area contributed by atoms with Crippen LogP contribution in [-0.4, -0.2) is 60.5 Å². The number of hydrogen-bond acceptors (Lipinski definition) is 10. The summed E-state index contributed by atoms with van der Waals surface area (Å²) in [5, 5.41) is 9.49. The van der Waals surface area contributed by atoms with Crippen LogP contribution < -0.4 is 24.8 Å². The van der Waals surface area contributed by atoms with Crippen LogP contribution in [0.4, 0.5) is 0 Å². The Kier molecular flexibility index (Phi) is 6.70. The molecule has 186 valence electrons. The highest BCUT2D eigenvalue weighted by atomic mass is 35.5. The smallest absolute Gasteiger partial charge is 0.239 e. The highest BCUT2D eigenvalue weighted by molar-refractivity contribution is 6.36. The molecule has 4 rings (SSSR count). The second-order valence-electron chi connectivity index (χ2n) is 8.29. The zero-order valence-corrected chi connectivity index (χ0v) is 20.4. The van der Waals surface area contributed by atoms with Crippen molar-refractivity contribution in [3.8, 4) is 17.2 Å². The van der Waals surface area contributed by atoms with Gasteiger partial charge in [-0.25, -0.2) is 0 Å². The summed E-state index contributed by atoms with van der Waals surface area (Å²) in [6.07, 6.45) is 2.01. The van der Waals surface area contributed by atoms with Gasteiger partial charge in [0.05, 0.1) is 20.8 Å². The molecule has 2 unspecified atom stereocenters. The summed E-state index contributed by atoms with van der Waals surface area (Å²) in [6, 6.07) is 1.49. The van der Waals surface area contributed by atoms with Crippen LogP contribution in [0.2, 0.25) is 5.02 Å². The predicted octanol–water partition coefficient (Wildman–Crippen LogP) is 1.80. The molecule has 2 aromatic rings. The normalized spacial score (nSPS) is 20.8. The summed E-state index contributed by atoms with van der Waals surface area (Å²) in [5.74, 6) is -0.364. The molecule has 0 fully saturated rings.